The smallest absolute Gasteiger partial charge is 0.387 e. The Hall–Kier alpha value is -2.83. The SMILES string of the molecule is CCOc1ccc(NC(=O)c2ccc(OC(F)F)cc2)cc1OC. The lowest BCUT2D eigenvalue weighted by atomic mass is 10.2. The van der Waals surface area contributed by atoms with Crippen LogP contribution >= 0.6 is 0 Å². The number of amides is 1. The number of alkyl halides is 2. The summed E-state index contributed by atoms with van der Waals surface area (Å²) in [7, 11) is 1.51. The average Bonchev–Trinajstić information content (AvgIpc) is 2.56. The van der Waals surface area contributed by atoms with Gasteiger partial charge in [-0.1, -0.05) is 0 Å². The number of hydrogen-bond acceptors (Lipinski definition) is 4. The predicted molar refractivity (Wildman–Crippen MR) is 85.2 cm³/mol. The van der Waals surface area contributed by atoms with Crippen LogP contribution in [-0.2, 0) is 0 Å². The van der Waals surface area contributed by atoms with Crippen LogP contribution < -0.4 is 19.5 Å². The second-order valence-corrected chi connectivity index (χ2v) is 4.66. The van der Waals surface area contributed by atoms with Crippen LogP contribution in [0.3, 0.4) is 0 Å². The number of rotatable bonds is 7. The Balaban J connectivity index is 2.08. The number of carbonyl (C=O) groups excluding carboxylic acids is 1. The summed E-state index contributed by atoms with van der Waals surface area (Å²) in [5.74, 6) is 0.677. The average molecular weight is 337 g/mol. The second-order valence-electron chi connectivity index (χ2n) is 4.66. The van der Waals surface area contributed by atoms with E-state index in [1.54, 1.807) is 18.2 Å². The molecule has 0 aromatic heterocycles. The van der Waals surface area contributed by atoms with Crippen molar-refractivity contribution in [2.24, 2.45) is 0 Å². The third-order valence-electron chi connectivity index (χ3n) is 3.06. The highest BCUT2D eigenvalue weighted by Crippen LogP contribution is 2.30. The van der Waals surface area contributed by atoms with Gasteiger partial charge in [-0.05, 0) is 43.3 Å². The van der Waals surface area contributed by atoms with Crippen LogP contribution in [-0.4, -0.2) is 26.2 Å². The maximum atomic E-state index is 12.2. The van der Waals surface area contributed by atoms with E-state index in [2.05, 4.69) is 10.1 Å². The predicted octanol–water partition coefficient (Wildman–Crippen LogP) is 3.95. The van der Waals surface area contributed by atoms with E-state index in [1.807, 2.05) is 6.92 Å². The molecule has 2 aromatic rings. The Morgan fingerprint density at radius 2 is 1.83 bits per heavy atom. The van der Waals surface area contributed by atoms with E-state index in [0.717, 1.165) is 0 Å². The van der Waals surface area contributed by atoms with Gasteiger partial charge in [-0.2, -0.15) is 8.78 Å². The van der Waals surface area contributed by atoms with Gasteiger partial charge in [0.2, 0.25) is 0 Å². The molecule has 0 aliphatic carbocycles. The number of nitrogens with one attached hydrogen (secondary N) is 1. The zero-order valence-corrected chi connectivity index (χ0v) is 13.2. The fourth-order valence-electron chi connectivity index (χ4n) is 2.01. The lowest BCUT2D eigenvalue weighted by Gasteiger charge is -2.12. The maximum absolute atomic E-state index is 12.2. The van der Waals surface area contributed by atoms with Crippen molar-refractivity contribution in [3.05, 3.63) is 48.0 Å². The molecule has 1 amide bonds. The molecule has 0 bridgehead atoms. The highest BCUT2D eigenvalue weighted by atomic mass is 19.3. The summed E-state index contributed by atoms with van der Waals surface area (Å²) in [6.07, 6.45) is 0. The second kappa shape index (κ2) is 8.14. The third-order valence-corrected chi connectivity index (χ3v) is 3.06. The molecule has 0 aliphatic rings. The Morgan fingerprint density at radius 1 is 1.12 bits per heavy atom. The topological polar surface area (TPSA) is 56.8 Å². The zero-order chi connectivity index (χ0) is 17.5. The van der Waals surface area contributed by atoms with Crippen molar-refractivity contribution in [2.75, 3.05) is 19.0 Å². The number of benzene rings is 2. The van der Waals surface area contributed by atoms with Crippen LogP contribution in [0.1, 0.15) is 17.3 Å². The number of methoxy groups -OCH3 is 1. The Kier molecular flexibility index (Phi) is 5.95. The molecule has 0 radical (unpaired) electrons. The molecule has 24 heavy (non-hydrogen) atoms. The Morgan fingerprint density at radius 3 is 2.42 bits per heavy atom. The Labute approximate surface area is 138 Å². The fourth-order valence-corrected chi connectivity index (χ4v) is 2.01. The molecule has 2 aromatic carbocycles. The summed E-state index contributed by atoms with van der Waals surface area (Å²) >= 11 is 0. The van der Waals surface area contributed by atoms with Gasteiger partial charge in [0, 0.05) is 17.3 Å². The van der Waals surface area contributed by atoms with Gasteiger partial charge < -0.3 is 19.5 Å². The number of ether oxygens (including phenoxy) is 3. The zero-order valence-electron chi connectivity index (χ0n) is 13.2. The molecule has 0 saturated carbocycles. The number of anilines is 1. The summed E-state index contributed by atoms with van der Waals surface area (Å²) in [4.78, 5) is 12.2. The number of hydrogen-bond donors (Lipinski definition) is 1. The van der Waals surface area contributed by atoms with Crippen molar-refractivity contribution in [1.29, 1.82) is 0 Å². The number of halogens is 2. The van der Waals surface area contributed by atoms with Crippen LogP contribution in [0, 0.1) is 0 Å². The molecule has 0 atom stereocenters. The molecule has 0 saturated heterocycles. The van der Waals surface area contributed by atoms with Crippen molar-refractivity contribution < 1.29 is 27.8 Å². The van der Waals surface area contributed by atoms with Crippen LogP contribution in [0.2, 0.25) is 0 Å². The van der Waals surface area contributed by atoms with Crippen molar-refractivity contribution in [1.82, 2.24) is 0 Å². The van der Waals surface area contributed by atoms with E-state index in [-0.39, 0.29) is 11.7 Å². The van der Waals surface area contributed by atoms with Crippen LogP contribution in [0.5, 0.6) is 17.2 Å². The molecular formula is C17H17F2NO4. The van der Waals surface area contributed by atoms with Crippen molar-refractivity contribution in [2.45, 2.75) is 13.5 Å². The molecule has 0 spiro atoms. The van der Waals surface area contributed by atoms with Gasteiger partial charge in [0.05, 0.1) is 13.7 Å². The molecule has 128 valence electrons. The van der Waals surface area contributed by atoms with Gasteiger partial charge in [0.15, 0.2) is 11.5 Å². The van der Waals surface area contributed by atoms with Crippen molar-refractivity contribution in [3.63, 3.8) is 0 Å². The first-order valence-electron chi connectivity index (χ1n) is 7.20. The largest absolute Gasteiger partial charge is 0.493 e. The third kappa shape index (κ3) is 4.58. The van der Waals surface area contributed by atoms with Crippen LogP contribution in [0.25, 0.3) is 0 Å². The first kappa shape index (κ1) is 17.5. The molecule has 1 N–H and O–H groups in total. The maximum Gasteiger partial charge on any atom is 0.387 e. The van der Waals surface area contributed by atoms with Gasteiger partial charge in [-0.3, -0.25) is 4.79 Å². The van der Waals surface area contributed by atoms with Gasteiger partial charge >= 0.3 is 6.61 Å². The molecule has 0 heterocycles. The lowest BCUT2D eigenvalue weighted by Crippen LogP contribution is -2.12. The highest BCUT2D eigenvalue weighted by Gasteiger charge is 2.11. The molecule has 0 aliphatic heterocycles. The molecular weight excluding hydrogens is 320 g/mol. The fraction of sp³-hybridized carbons (Fsp3) is 0.235. The first-order chi connectivity index (χ1) is 11.5. The van der Waals surface area contributed by atoms with Gasteiger partial charge in [0.1, 0.15) is 5.75 Å². The summed E-state index contributed by atoms with van der Waals surface area (Å²) in [6, 6.07) is 10.4. The molecule has 7 heteroatoms. The summed E-state index contributed by atoms with van der Waals surface area (Å²) in [6.45, 7) is -0.549. The van der Waals surface area contributed by atoms with Gasteiger partial charge in [0.25, 0.3) is 5.91 Å². The summed E-state index contributed by atoms with van der Waals surface area (Å²) < 4.78 is 39.1. The Bertz CT molecular complexity index is 689. The monoisotopic (exact) mass is 337 g/mol. The minimum absolute atomic E-state index is 0.00992. The minimum Gasteiger partial charge on any atom is -0.493 e. The van der Waals surface area contributed by atoms with E-state index in [4.69, 9.17) is 9.47 Å². The number of carbonyl (C=O) groups is 1. The van der Waals surface area contributed by atoms with Gasteiger partial charge in [-0.15, -0.1) is 0 Å². The summed E-state index contributed by atoms with van der Waals surface area (Å²) in [5, 5.41) is 2.70. The minimum atomic E-state index is -2.90. The van der Waals surface area contributed by atoms with E-state index >= 15 is 0 Å². The normalized spacial score (nSPS) is 10.4. The van der Waals surface area contributed by atoms with Crippen molar-refractivity contribution >= 4 is 11.6 Å². The first-order valence-corrected chi connectivity index (χ1v) is 7.20. The molecule has 2 rings (SSSR count). The van der Waals surface area contributed by atoms with E-state index in [9.17, 15) is 13.6 Å². The molecule has 5 nitrogen and oxygen atoms in total. The summed E-state index contributed by atoms with van der Waals surface area (Å²) in [5.41, 5.74) is 0.831. The quantitative estimate of drug-likeness (QED) is 0.831. The highest BCUT2D eigenvalue weighted by molar-refractivity contribution is 6.04. The van der Waals surface area contributed by atoms with Crippen LogP contribution in [0.15, 0.2) is 42.5 Å². The molecule has 0 fully saturated rings. The van der Waals surface area contributed by atoms with Crippen LogP contribution in [0.4, 0.5) is 14.5 Å². The van der Waals surface area contributed by atoms with Gasteiger partial charge in [-0.25, -0.2) is 0 Å². The standard InChI is InChI=1S/C17H17F2NO4/c1-3-23-14-9-6-12(10-15(14)22-2)20-16(21)11-4-7-13(8-5-11)24-17(18)19/h4-10,17H,3H2,1-2H3,(H,20,21). The molecule has 0 unspecified atom stereocenters. The lowest BCUT2D eigenvalue weighted by molar-refractivity contribution is -0.0498. The van der Waals surface area contributed by atoms with E-state index < -0.39 is 6.61 Å². The van der Waals surface area contributed by atoms with Crippen molar-refractivity contribution in [3.8, 4) is 17.2 Å². The van der Waals surface area contributed by atoms with E-state index in [0.29, 0.717) is 29.4 Å². The van der Waals surface area contributed by atoms with E-state index in [1.165, 1.54) is 31.4 Å².